The number of likely N-dealkylation sites (N-methyl/N-ethyl adjacent to an activating group) is 1. The molecule has 90 valence electrons. The Balaban J connectivity index is 2.96. The van der Waals surface area contributed by atoms with Crippen LogP contribution in [0.5, 0.6) is 0 Å². The number of halogens is 2. The van der Waals surface area contributed by atoms with Gasteiger partial charge in [0.15, 0.2) is 0 Å². The van der Waals surface area contributed by atoms with Crippen LogP contribution >= 0.6 is 23.2 Å². The third-order valence-electron chi connectivity index (χ3n) is 3.13. The minimum atomic E-state index is 0.491. The second-order valence-electron chi connectivity index (χ2n) is 4.22. The van der Waals surface area contributed by atoms with E-state index in [0.29, 0.717) is 21.9 Å². The molecule has 1 rings (SSSR count). The Morgan fingerprint density at radius 1 is 1.25 bits per heavy atom. The molecule has 1 nitrogen and oxygen atoms in total. The van der Waals surface area contributed by atoms with Gasteiger partial charge >= 0.3 is 0 Å². The van der Waals surface area contributed by atoms with Crippen molar-refractivity contribution in [1.29, 1.82) is 0 Å². The van der Waals surface area contributed by atoms with E-state index in [4.69, 9.17) is 23.2 Å². The molecule has 0 spiro atoms. The van der Waals surface area contributed by atoms with Gasteiger partial charge in [-0.05, 0) is 36.6 Å². The number of nitrogens with one attached hydrogen (secondary N) is 1. The van der Waals surface area contributed by atoms with Crippen molar-refractivity contribution in [3.8, 4) is 0 Å². The van der Waals surface area contributed by atoms with Crippen LogP contribution < -0.4 is 5.32 Å². The van der Waals surface area contributed by atoms with Gasteiger partial charge in [-0.1, -0.05) is 49.5 Å². The minimum absolute atomic E-state index is 0.491. The second kappa shape index (κ2) is 6.48. The van der Waals surface area contributed by atoms with Crippen molar-refractivity contribution in [2.45, 2.75) is 26.2 Å². The van der Waals surface area contributed by atoms with Gasteiger partial charge < -0.3 is 5.32 Å². The summed E-state index contributed by atoms with van der Waals surface area (Å²) in [5.41, 5.74) is 1.26. The first kappa shape index (κ1) is 13.8. The molecule has 0 aliphatic carbocycles. The summed E-state index contributed by atoms with van der Waals surface area (Å²) in [5, 5.41) is 4.50. The standard InChI is InChI=1S/C13H19Cl2N/c1-4-9(2)11(8-16-3)10-5-6-12(14)13(15)7-10/h5-7,9,11,16H,4,8H2,1-3H3. The smallest absolute Gasteiger partial charge is 0.0595 e. The Morgan fingerprint density at radius 2 is 1.94 bits per heavy atom. The van der Waals surface area contributed by atoms with Crippen molar-refractivity contribution >= 4 is 23.2 Å². The molecule has 0 fully saturated rings. The van der Waals surface area contributed by atoms with E-state index in [9.17, 15) is 0 Å². The van der Waals surface area contributed by atoms with Gasteiger partial charge in [0.05, 0.1) is 10.0 Å². The van der Waals surface area contributed by atoms with Crippen molar-refractivity contribution < 1.29 is 0 Å². The van der Waals surface area contributed by atoms with Crippen molar-refractivity contribution in [3.05, 3.63) is 33.8 Å². The van der Waals surface area contributed by atoms with Crippen molar-refractivity contribution in [2.75, 3.05) is 13.6 Å². The molecule has 1 aromatic rings. The van der Waals surface area contributed by atoms with Crippen molar-refractivity contribution in [1.82, 2.24) is 5.32 Å². The number of hydrogen-bond acceptors (Lipinski definition) is 1. The molecule has 16 heavy (non-hydrogen) atoms. The normalized spacial score (nSPS) is 14.8. The quantitative estimate of drug-likeness (QED) is 0.830. The van der Waals surface area contributed by atoms with E-state index in [1.54, 1.807) is 0 Å². The van der Waals surface area contributed by atoms with Gasteiger partial charge in [-0.2, -0.15) is 0 Å². The van der Waals surface area contributed by atoms with Crippen LogP contribution in [0.4, 0.5) is 0 Å². The average molecular weight is 260 g/mol. The van der Waals surface area contributed by atoms with Crippen molar-refractivity contribution in [3.63, 3.8) is 0 Å². The fourth-order valence-electron chi connectivity index (χ4n) is 1.90. The summed E-state index contributed by atoms with van der Waals surface area (Å²) in [7, 11) is 1.98. The highest BCUT2D eigenvalue weighted by Crippen LogP contribution is 2.31. The summed E-state index contributed by atoms with van der Waals surface area (Å²) >= 11 is 12.0. The fraction of sp³-hybridized carbons (Fsp3) is 0.538. The molecule has 0 bridgehead atoms. The first-order valence-electron chi connectivity index (χ1n) is 5.69. The highest BCUT2D eigenvalue weighted by atomic mass is 35.5. The first-order chi connectivity index (χ1) is 7.60. The Kier molecular flexibility index (Phi) is 5.60. The Hall–Kier alpha value is -0.240. The molecular weight excluding hydrogens is 241 g/mol. The number of benzene rings is 1. The SMILES string of the molecule is CCC(C)C(CNC)c1ccc(Cl)c(Cl)c1. The Labute approximate surface area is 108 Å². The molecule has 0 radical (unpaired) electrons. The summed E-state index contributed by atoms with van der Waals surface area (Å²) in [6.45, 7) is 5.45. The van der Waals surface area contributed by atoms with E-state index in [1.807, 2.05) is 19.2 Å². The third kappa shape index (κ3) is 3.38. The Bertz CT molecular complexity index is 339. The second-order valence-corrected chi connectivity index (χ2v) is 5.04. The van der Waals surface area contributed by atoms with Crippen LogP contribution in [0.15, 0.2) is 18.2 Å². The molecule has 1 N–H and O–H groups in total. The van der Waals surface area contributed by atoms with Crippen LogP contribution in [0.3, 0.4) is 0 Å². The van der Waals surface area contributed by atoms with E-state index in [0.717, 1.165) is 13.0 Å². The Morgan fingerprint density at radius 3 is 2.44 bits per heavy atom. The van der Waals surface area contributed by atoms with Crippen molar-refractivity contribution in [2.24, 2.45) is 5.92 Å². The fourth-order valence-corrected chi connectivity index (χ4v) is 2.20. The van der Waals surface area contributed by atoms with Crippen LogP contribution in [0.2, 0.25) is 10.0 Å². The van der Waals surface area contributed by atoms with Crippen LogP contribution in [-0.4, -0.2) is 13.6 Å². The highest BCUT2D eigenvalue weighted by molar-refractivity contribution is 6.42. The lowest BCUT2D eigenvalue weighted by atomic mass is 9.85. The molecule has 3 heteroatoms. The van der Waals surface area contributed by atoms with E-state index in [1.165, 1.54) is 5.56 Å². The van der Waals surface area contributed by atoms with Gasteiger partial charge in [-0.15, -0.1) is 0 Å². The monoisotopic (exact) mass is 259 g/mol. The van der Waals surface area contributed by atoms with E-state index < -0.39 is 0 Å². The predicted molar refractivity (Wildman–Crippen MR) is 72.6 cm³/mol. The van der Waals surface area contributed by atoms with Crippen LogP contribution in [0.1, 0.15) is 31.7 Å². The lowest BCUT2D eigenvalue weighted by Crippen LogP contribution is -2.22. The van der Waals surface area contributed by atoms with Crippen LogP contribution in [-0.2, 0) is 0 Å². The molecule has 0 saturated carbocycles. The molecule has 0 aliphatic heterocycles. The van der Waals surface area contributed by atoms with Gasteiger partial charge in [0.1, 0.15) is 0 Å². The zero-order valence-electron chi connectivity index (χ0n) is 10.1. The van der Waals surface area contributed by atoms with E-state index in [2.05, 4.69) is 25.2 Å². The molecule has 0 aliphatic rings. The summed E-state index contributed by atoms with van der Waals surface area (Å²) in [6, 6.07) is 5.94. The predicted octanol–water partition coefficient (Wildman–Crippen LogP) is 4.34. The van der Waals surface area contributed by atoms with Gasteiger partial charge in [0.25, 0.3) is 0 Å². The maximum Gasteiger partial charge on any atom is 0.0595 e. The van der Waals surface area contributed by atoms with Gasteiger partial charge in [0.2, 0.25) is 0 Å². The zero-order valence-corrected chi connectivity index (χ0v) is 11.6. The third-order valence-corrected chi connectivity index (χ3v) is 3.87. The molecule has 0 amide bonds. The molecule has 0 saturated heterocycles. The summed E-state index contributed by atoms with van der Waals surface area (Å²) in [5.74, 6) is 1.12. The molecule has 1 aromatic carbocycles. The van der Waals surface area contributed by atoms with Gasteiger partial charge in [0, 0.05) is 6.54 Å². The lowest BCUT2D eigenvalue weighted by molar-refractivity contribution is 0.432. The van der Waals surface area contributed by atoms with E-state index in [-0.39, 0.29) is 0 Å². The number of hydrogen-bond donors (Lipinski definition) is 1. The topological polar surface area (TPSA) is 12.0 Å². The average Bonchev–Trinajstić information content (AvgIpc) is 2.29. The summed E-state index contributed by atoms with van der Waals surface area (Å²) < 4.78 is 0. The maximum atomic E-state index is 6.05. The summed E-state index contributed by atoms with van der Waals surface area (Å²) in [4.78, 5) is 0. The molecule has 2 atom stereocenters. The molecule has 2 unspecified atom stereocenters. The molecular formula is C13H19Cl2N. The zero-order chi connectivity index (χ0) is 12.1. The molecule has 0 aromatic heterocycles. The lowest BCUT2D eigenvalue weighted by Gasteiger charge is -2.23. The first-order valence-corrected chi connectivity index (χ1v) is 6.45. The van der Waals surface area contributed by atoms with E-state index >= 15 is 0 Å². The highest BCUT2D eigenvalue weighted by Gasteiger charge is 2.17. The van der Waals surface area contributed by atoms with Gasteiger partial charge in [-0.3, -0.25) is 0 Å². The van der Waals surface area contributed by atoms with Gasteiger partial charge in [-0.25, -0.2) is 0 Å². The number of rotatable bonds is 5. The summed E-state index contributed by atoms with van der Waals surface area (Å²) in [6.07, 6.45) is 1.16. The van der Waals surface area contributed by atoms with Crippen LogP contribution in [0, 0.1) is 5.92 Å². The molecule has 0 heterocycles. The maximum absolute atomic E-state index is 6.05. The largest absolute Gasteiger partial charge is 0.319 e. The minimum Gasteiger partial charge on any atom is -0.319 e. The van der Waals surface area contributed by atoms with Crippen LogP contribution in [0.25, 0.3) is 0 Å².